The van der Waals surface area contributed by atoms with Crippen LogP contribution >= 0.6 is 0 Å². The molecular weight excluding hydrogens is 406 g/mol. The summed E-state index contributed by atoms with van der Waals surface area (Å²) in [4.78, 5) is 18.6. The number of sulfonamides is 1. The fourth-order valence-electron chi connectivity index (χ4n) is 3.15. The molecular formula is C20H33N5O4S. The summed E-state index contributed by atoms with van der Waals surface area (Å²) in [5.74, 6) is 0.653. The molecule has 0 saturated carbocycles. The van der Waals surface area contributed by atoms with E-state index in [1.807, 2.05) is 31.7 Å². The standard InChI is InChI=1S/C20H33N5O4S/c1-20(2,3)29-19(26)23-16-11-12-25(14-16)18(21-4)22-13-15-9-7-8-10-17(15)30(27,28)24(5)6/h7-10,16H,11-14H2,1-6H3,(H,21,22)(H,23,26). The van der Waals surface area contributed by atoms with Gasteiger partial charge >= 0.3 is 6.09 Å². The zero-order chi connectivity index (χ0) is 22.5. The zero-order valence-corrected chi connectivity index (χ0v) is 19.4. The molecule has 0 aliphatic carbocycles. The predicted molar refractivity (Wildman–Crippen MR) is 117 cm³/mol. The van der Waals surface area contributed by atoms with Crippen LogP contribution in [0.3, 0.4) is 0 Å². The van der Waals surface area contributed by atoms with E-state index in [2.05, 4.69) is 15.6 Å². The van der Waals surface area contributed by atoms with Gasteiger partial charge in [0, 0.05) is 40.8 Å². The van der Waals surface area contributed by atoms with Crippen molar-refractivity contribution in [2.24, 2.45) is 4.99 Å². The minimum atomic E-state index is -3.54. The molecule has 1 heterocycles. The highest BCUT2D eigenvalue weighted by Crippen LogP contribution is 2.19. The number of ether oxygens (including phenoxy) is 1. The van der Waals surface area contributed by atoms with E-state index in [-0.39, 0.29) is 10.9 Å². The van der Waals surface area contributed by atoms with Crippen molar-refractivity contribution in [2.45, 2.75) is 50.3 Å². The molecule has 30 heavy (non-hydrogen) atoms. The number of rotatable bonds is 5. The van der Waals surface area contributed by atoms with Crippen molar-refractivity contribution >= 4 is 22.1 Å². The van der Waals surface area contributed by atoms with Gasteiger partial charge in [-0.15, -0.1) is 0 Å². The van der Waals surface area contributed by atoms with Crippen LogP contribution in [0, 0.1) is 0 Å². The summed E-state index contributed by atoms with van der Waals surface area (Å²) in [6.07, 6.45) is 0.339. The Balaban J connectivity index is 2.00. The number of likely N-dealkylation sites (tertiary alicyclic amines) is 1. The minimum absolute atomic E-state index is 0.0418. The summed E-state index contributed by atoms with van der Waals surface area (Å²) in [5.41, 5.74) is 0.121. The van der Waals surface area contributed by atoms with Gasteiger partial charge in [0.05, 0.1) is 10.9 Å². The minimum Gasteiger partial charge on any atom is -0.444 e. The van der Waals surface area contributed by atoms with Gasteiger partial charge in [-0.2, -0.15) is 0 Å². The molecule has 0 radical (unpaired) electrons. The summed E-state index contributed by atoms with van der Waals surface area (Å²) in [6, 6.07) is 6.87. The molecule has 1 unspecified atom stereocenters. The number of guanidine groups is 1. The van der Waals surface area contributed by atoms with Crippen LogP contribution in [0.5, 0.6) is 0 Å². The first-order valence-corrected chi connectivity index (χ1v) is 11.3. The zero-order valence-electron chi connectivity index (χ0n) is 18.6. The van der Waals surface area contributed by atoms with Gasteiger partial charge in [0.15, 0.2) is 5.96 Å². The van der Waals surface area contributed by atoms with Crippen LogP contribution in [-0.4, -0.2) is 75.6 Å². The number of hydrogen-bond donors (Lipinski definition) is 2. The molecule has 1 amide bonds. The molecule has 0 aromatic heterocycles. The highest BCUT2D eigenvalue weighted by molar-refractivity contribution is 7.89. The van der Waals surface area contributed by atoms with Crippen molar-refractivity contribution in [1.82, 2.24) is 19.8 Å². The molecule has 0 bridgehead atoms. The Labute approximate surface area is 179 Å². The Morgan fingerprint density at radius 2 is 1.97 bits per heavy atom. The van der Waals surface area contributed by atoms with Gasteiger partial charge in [-0.3, -0.25) is 4.99 Å². The number of nitrogens with zero attached hydrogens (tertiary/aromatic N) is 3. The third kappa shape index (κ3) is 6.33. The number of benzene rings is 1. The van der Waals surface area contributed by atoms with E-state index in [1.165, 1.54) is 18.4 Å². The van der Waals surface area contributed by atoms with E-state index in [1.54, 1.807) is 25.2 Å². The highest BCUT2D eigenvalue weighted by Gasteiger charge is 2.28. The topological polar surface area (TPSA) is 103 Å². The second kappa shape index (κ2) is 9.65. The molecule has 1 saturated heterocycles. The van der Waals surface area contributed by atoms with Crippen LogP contribution in [0.1, 0.15) is 32.8 Å². The quantitative estimate of drug-likeness (QED) is 0.534. The summed E-state index contributed by atoms with van der Waals surface area (Å²) >= 11 is 0. The lowest BCUT2D eigenvalue weighted by molar-refractivity contribution is 0.0507. The Bertz CT molecular complexity index is 877. The van der Waals surface area contributed by atoms with Crippen molar-refractivity contribution in [2.75, 3.05) is 34.2 Å². The van der Waals surface area contributed by atoms with Crippen molar-refractivity contribution in [1.29, 1.82) is 0 Å². The Kier molecular flexibility index (Phi) is 7.70. The number of alkyl carbamates (subject to hydrolysis) is 1. The SMILES string of the molecule is CN=C(NCc1ccccc1S(=O)(=O)N(C)C)N1CCC(NC(=O)OC(C)(C)C)C1. The summed E-state index contributed by atoms with van der Waals surface area (Å²) in [5, 5.41) is 6.13. The molecule has 10 heteroatoms. The molecule has 2 rings (SSSR count). The molecule has 1 aromatic carbocycles. The molecule has 1 fully saturated rings. The molecule has 2 N–H and O–H groups in total. The van der Waals surface area contributed by atoms with Crippen LogP contribution in [0.4, 0.5) is 4.79 Å². The van der Waals surface area contributed by atoms with Crippen molar-refractivity contribution in [3.8, 4) is 0 Å². The number of aliphatic imine (C=N–C) groups is 1. The van der Waals surface area contributed by atoms with Gasteiger partial charge in [-0.1, -0.05) is 18.2 Å². The van der Waals surface area contributed by atoms with E-state index in [0.29, 0.717) is 24.6 Å². The van der Waals surface area contributed by atoms with Crippen LogP contribution < -0.4 is 10.6 Å². The average Bonchev–Trinajstić information content (AvgIpc) is 3.08. The van der Waals surface area contributed by atoms with E-state index in [4.69, 9.17) is 4.74 Å². The second-order valence-corrected chi connectivity index (χ2v) is 10.5. The van der Waals surface area contributed by atoms with Gasteiger partial charge < -0.3 is 20.3 Å². The van der Waals surface area contributed by atoms with Crippen molar-refractivity contribution in [3.05, 3.63) is 29.8 Å². The summed E-state index contributed by atoms with van der Waals surface area (Å²) in [7, 11) is 1.17. The first-order valence-electron chi connectivity index (χ1n) is 9.89. The van der Waals surface area contributed by atoms with Crippen molar-refractivity contribution in [3.63, 3.8) is 0 Å². The monoisotopic (exact) mass is 439 g/mol. The summed E-state index contributed by atoms with van der Waals surface area (Å²) < 4.78 is 31.7. The first kappa shape index (κ1) is 23.9. The number of carbonyl (C=O) groups excluding carboxylic acids is 1. The van der Waals surface area contributed by atoms with Crippen LogP contribution in [0.25, 0.3) is 0 Å². The average molecular weight is 440 g/mol. The Morgan fingerprint density at radius 3 is 2.57 bits per heavy atom. The fourth-order valence-corrected chi connectivity index (χ4v) is 4.26. The lowest BCUT2D eigenvalue weighted by Crippen LogP contribution is -2.44. The normalized spacial score (nSPS) is 17.9. The molecule has 1 aliphatic heterocycles. The lowest BCUT2D eigenvalue weighted by atomic mass is 10.2. The van der Waals surface area contributed by atoms with Gasteiger partial charge in [-0.05, 0) is 38.8 Å². The molecule has 1 aromatic rings. The molecule has 9 nitrogen and oxygen atoms in total. The summed E-state index contributed by atoms with van der Waals surface area (Å²) in [6.45, 7) is 7.11. The van der Waals surface area contributed by atoms with E-state index in [0.717, 1.165) is 13.0 Å². The van der Waals surface area contributed by atoms with Crippen LogP contribution in [0.15, 0.2) is 34.2 Å². The van der Waals surface area contributed by atoms with Gasteiger partial charge in [-0.25, -0.2) is 17.5 Å². The maximum atomic E-state index is 12.6. The number of nitrogens with one attached hydrogen (secondary N) is 2. The molecule has 168 valence electrons. The lowest BCUT2D eigenvalue weighted by Gasteiger charge is -2.24. The maximum Gasteiger partial charge on any atom is 0.407 e. The number of hydrogen-bond acceptors (Lipinski definition) is 5. The first-order chi connectivity index (χ1) is 13.9. The third-order valence-corrected chi connectivity index (χ3v) is 6.50. The molecule has 1 aliphatic rings. The highest BCUT2D eigenvalue weighted by atomic mass is 32.2. The maximum absolute atomic E-state index is 12.6. The predicted octanol–water partition coefficient (Wildman–Crippen LogP) is 1.61. The Hall–Kier alpha value is -2.33. The fraction of sp³-hybridized carbons (Fsp3) is 0.600. The van der Waals surface area contributed by atoms with E-state index in [9.17, 15) is 13.2 Å². The van der Waals surface area contributed by atoms with Crippen molar-refractivity contribution < 1.29 is 17.9 Å². The largest absolute Gasteiger partial charge is 0.444 e. The van der Waals surface area contributed by atoms with Crippen LogP contribution in [-0.2, 0) is 21.3 Å². The smallest absolute Gasteiger partial charge is 0.407 e. The van der Waals surface area contributed by atoms with Gasteiger partial charge in [0.25, 0.3) is 0 Å². The third-order valence-electron chi connectivity index (χ3n) is 4.59. The Morgan fingerprint density at radius 1 is 1.30 bits per heavy atom. The van der Waals surface area contributed by atoms with E-state index >= 15 is 0 Å². The van der Waals surface area contributed by atoms with E-state index < -0.39 is 21.7 Å². The van der Waals surface area contributed by atoms with Crippen LogP contribution in [0.2, 0.25) is 0 Å². The molecule has 1 atom stereocenters. The second-order valence-electron chi connectivity index (χ2n) is 8.37. The molecule has 0 spiro atoms. The van der Waals surface area contributed by atoms with Gasteiger partial charge in [0.1, 0.15) is 5.60 Å². The van der Waals surface area contributed by atoms with Gasteiger partial charge in [0.2, 0.25) is 10.0 Å². The number of carbonyl (C=O) groups is 1. The number of amides is 1.